The molecule has 0 aliphatic heterocycles. The van der Waals surface area contributed by atoms with E-state index in [9.17, 15) is 13.2 Å². The van der Waals surface area contributed by atoms with Gasteiger partial charge in [-0.25, -0.2) is 22.6 Å². The molecule has 0 unspecified atom stereocenters. The van der Waals surface area contributed by atoms with Crippen LogP contribution in [0.25, 0.3) is 0 Å². The monoisotopic (exact) mass is 339 g/mol. The van der Waals surface area contributed by atoms with Crippen molar-refractivity contribution < 1.29 is 17.9 Å². The molecule has 0 radical (unpaired) electrons. The highest BCUT2D eigenvalue weighted by Crippen LogP contribution is 2.12. The van der Waals surface area contributed by atoms with Crippen molar-refractivity contribution in [2.75, 3.05) is 7.11 Å². The molecule has 0 spiro atoms. The quantitative estimate of drug-likeness (QED) is 0.798. The summed E-state index contributed by atoms with van der Waals surface area (Å²) in [6.07, 6.45) is 0. The van der Waals surface area contributed by atoms with Gasteiger partial charge in [-0.3, -0.25) is 0 Å². The smallest absolute Gasteiger partial charge is 0.356 e. The van der Waals surface area contributed by atoms with E-state index in [1.807, 2.05) is 0 Å². The maximum absolute atomic E-state index is 11.7. The van der Waals surface area contributed by atoms with Crippen molar-refractivity contribution in [3.05, 3.63) is 16.4 Å². The summed E-state index contributed by atoms with van der Waals surface area (Å²) >= 11 is 3.08. The number of nitrogens with one attached hydrogen (secondary N) is 1. The number of aromatic nitrogens is 2. The molecule has 0 bridgehead atoms. The van der Waals surface area contributed by atoms with Gasteiger partial charge in [0.2, 0.25) is 10.0 Å². The van der Waals surface area contributed by atoms with Crippen LogP contribution in [-0.2, 0) is 20.6 Å². The Morgan fingerprint density at radius 1 is 1.61 bits per heavy atom. The van der Waals surface area contributed by atoms with Crippen molar-refractivity contribution in [2.24, 2.45) is 0 Å². The minimum atomic E-state index is -3.56. The second-order valence-corrected chi connectivity index (χ2v) is 6.40. The summed E-state index contributed by atoms with van der Waals surface area (Å²) in [7, 11) is -2.35. The highest BCUT2D eigenvalue weighted by Gasteiger charge is 2.20. The van der Waals surface area contributed by atoms with E-state index < -0.39 is 21.9 Å². The first-order valence-electron chi connectivity index (χ1n) is 5.07. The first kappa shape index (κ1) is 15.1. The van der Waals surface area contributed by atoms with Gasteiger partial charge in [0.1, 0.15) is 10.3 Å². The molecule has 0 fully saturated rings. The van der Waals surface area contributed by atoms with Crippen molar-refractivity contribution in [2.45, 2.75) is 25.8 Å². The Bertz CT molecular complexity index is 538. The maximum Gasteiger partial charge on any atom is 0.356 e. The van der Waals surface area contributed by atoms with E-state index in [2.05, 4.69) is 30.5 Å². The van der Waals surface area contributed by atoms with Crippen LogP contribution in [0.1, 0.15) is 24.3 Å². The van der Waals surface area contributed by atoms with Crippen LogP contribution in [0.3, 0.4) is 0 Å². The van der Waals surface area contributed by atoms with Gasteiger partial charge in [0.25, 0.3) is 0 Å². The lowest BCUT2D eigenvalue weighted by molar-refractivity contribution is 0.0588. The van der Waals surface area contributed by atoms with Gasteiger partial charge in [-0.2, -0.15) is 5.10 Å². The Kier molecular flexibility index (Phi) is 4.88. The van der Waals surface area contributed by atoms with E-state index in [0.29, 0.717) is 4.60 Å². The zero-order chi connectivity index (χ0) is 13.9. The molecule has 0 aromatic carbocycles. The lowest BCUT2D eigenvalue weighted by Gasteiger charge is -2.10. The van der Waals surface area contributed by atoms with Crippen molar-refractivity contribution in [3.63, 3.8) is 0 Å². The standard InChI is InChI=1S/C9H14BrN3O4S/c1-6(2)12-18(15,16)5-13-7(9(14)17-3)4-8(10)11-13/h4,6,12H,5H2,1-3H3. The van der Waals surface area contributed by atoms with E-state index in [0.717, 1.165) is 4.68 Å². The average Bonchev–Trinajstić information content (AvgIpc) is 2.55. The molecule has 0 saturated carbocycles. The van der Waals surface area contributed by atoms with Crippen molar-refractivity contribution in [3.8, 4) is 0 Å². The fourth-order valence-corrected chi connectivity index (χ4v) is 3.03. The van der Waals surface area contributed by atoms with Crippen LogP contribution in [0.5, 0.6) is 0 Å². The second kappa shape index (κ2) is 5.81. The van der Waals surface area contributed by atoms with Crippen LogP contribution in [0.15, 0.2) is 10.7 Å². The number of ether oxygens (including phenoxy) is 1. The van der Waals surface area contributed by atoms with Gasteiger partial charge in [-0.05, 0) is 29.8 Å². The molecule has 102 valence electrons. The average molecular weight is 340 g/mol. The van der Waals surface area contributed by atoms with E-state index >= 15 is 0 Å². The number of sulfonamides is 1. The predicted molar refractivity (Wildman–Crippen MR) is 68.5 cm³/mol. The van der Waals surface area contributed by atoms with Gasteiger partial charge < -0.3 is 4.74 Å². The summed E-state index contributed by atoms with van der Waals surface area (Å²) in [5.74, 6) is -1.09. The Morgan fingerprint density at radius 3 is 2.72 bits per heavy atom. The molecule has 1 heterocycles. The number of rotatable bonds is 5. The Balaban J connectivity index is 3.01. The van der Waals surface area contributed by atoms with Gasteiger partial charge in [-0.15, -0.1) is 0 Å². The molecule has 7 nitrogen and oxygen atoms in total. The normalized spacial score (nSPS) is 11.8. The molecule has 0 aliphatic carbocycles. The Labute approximate surface area is 114 Å². The molecule has 0 atom stereocenters. The first-order chi connectivity index (χ1) is 8.25. The van der Waals surface area contributed by atoms with Gasteiger partial charge in [0.05, 0.1) is 7.11 Å². The molecule has 1 rings (SSSR count). The summed E-state index contributed by atoms with van der Waals surface area (Å²) in [5.41, 5.74) is 0.0681. The maximum atomic E-state index is 11.7. The van der Waals surface area contributed by atoms with Crippen molar-refractivity contribution in [1.29, 1.82) is 0 Å². The number of esters is 1. The van der Waals surface area contributed by atoms with Gasteiger partial charge in [-0.1, -0.05) is 0 Å². The predicted octanol–water partition coefficient (Wildman–Crippen LogP) is 0.718. The molecule has 0 aliphatic rings. The number of carbonyl (C=O) groups excluding carboxylic acids is 1. The van der Waals surface area contributed by atoms with E-state index in [-0.39, 0.29) is 11.7 Å². The largest absolute Gasteiger partial charge is 0.464 e. The van der Waals surface area contributed by atoms with Gasteiger partial charge in [0.15, 0.2) is 5.88 Å². The summed E-state index contributed by atoms with van der Waals surface area (Å²) < 4.78 is 31.9. The second-order valence-electron chi connectivity index (χ2n) is 3.86. The number of carbonyl (C=O) groups is 1. The highest BCUT2D eigenvalue weighted by atomic mass is 79.9. The zero-order valence-corrected chi connectivity index (χ0v) is 12.6. The van der Waals surface area contributed by atoms with Crippen LogP contribution < -0.4 is 4.72 Å². The van der Waals surface area contributed by atoms with Crippen LogP contribution in [-0.4, -0.2) is 37.3 Å². The van der Waals surface area contributed by atoms with Crippen LogP contribution >= 0.6 is 15.9 Å². The number of hydrogen-bond donors (Lipinski definition) is 1. The molecule has 1 aromatic rings. The zero-order valence-electron chi connectivity index (χ0n) is 10.2. The number of nitrogens with zero attached hydrogens (tertiary/aromatic N) is 2. The third kappa shape index (κ3) is 4.07. The lowest BCUT2D eigenvalue weighted by Crippen LogP contribution is -2.34. The lowest BCUT2D eigenvalue weighted by atomic mass is 10.4. The molecule has 1 aromatic heterocycles. The number of halogens is 1. The fraction of sp³-hybridized carbons (Fsp3) is 0.556. The molecule has 18 heavy (non-hydrogen) atoms. The molecule has 0 amide bonds. The third-order valence-electron chi connectivity index (χ3n) is 1.85. The van der Waals surface area contributed by atoms with E-state index in [4.69, 9.17) is 0 Å². The molecule has 9 heteroatoms. The van der Waals surface area contributed by atoms with E-state index in [1.165, 1.54) is 13.2 Å². The first-order valence-corrected chi connectivity index (χ1v) is 7.51. The van der Waals surface area contributed by atoms with Gasteiger partial charge in [0, 0.05) is 12.1 Å². The fourth-order valence-electron chi connectivity index (χ4n) is 1.31. The Morgan fingerprint density at radius 2 is 2.22 bits per heavy atom. The summed E-state index contributed by atoms with van der Waals surface area (Å²) in [4.78, 5) is 11.4. The van der Waals surface area contributed by atoms with E-state index in [1.54, 1.807) is 13.8 Å². The third-order valence-corrected chi connectivity index (χ3v) is 3.65. The van der Waals surface area contributed by atoms with Gasteiger partial charge >= 0.3 is 5.97 Å². The number of methoxy groups -OCH3 is 1. The topological polar surface area (TPSA) is 90.3 Å². The Hall–Kier alpha value is -0.930. The SMILES string of the molecule is COC(=O)c1cc(Br)nn1CS(=O)(=O)NC(C)C. The summed E-state index contributed by atoms with van der Waals surface area (Å²) in [6.45, 7) is 3.41. The van der Waals surface area contributed by atoms with Crippen molar-refractivity contribution >= 4 is 31.9 Å². The molecule has 1 N–H and O–H groups in total. The molecular weight excluding hydrogens is 326 g/mol. The minimum Gasteiger partial charge on any atom is -0.464 e. The summed E-state index contributed by atoms with van der Waals surface area (Å²) in [5, 5.41) is 3.89. The minimum absolute atomic E-state index is 0.0681. The van der Waals surface area contributed by atoms with Crippen LogP contribution in [0.4, 0.5) is 0 Å². The highest BCUT2D eigenvalue weighted by molar-refractivity contribution is 9.10. The summed E-state index contributed by atoms with van der Waals surface area (Å²) in [6, 6.07) is 1.17. The van der Waals surface area contributed by atoms with Crippen LogP contribution in [0, 0.1) is 0 Å². The number of hydrogen-bond acceptors (Lipinski definition) is 5. The van der Waals surface area contributed by atoms with Crippen LogP contribution in [0.2, 0.25) is 0 Å². The molecular formula is C9H14BrN3O4S. The van der Waals surface area contributed by atoms with Crippen molar-refractivity contribution in [1.82, 2.24) is 14.5 Å². The molecule has 0 saturated heterocycles.